The lowest BCUT2D eigenvalue weighted by atomic mass is 10.1. The smallest absolute Gasteiger partial charge is 0.129 e. The molecule has 3 heteroatoms. The summed E-state index contributed by atoms with van der Waals surface area (Å²) in [6.45, 7) is 9.51. The zero-order valence-corrected chi connectivity index (χ0v) is 11.1. The monoisotopic (exact) mass is 233 g/mol. The number of pyridine rings is 1. The first-order valence-electron chi connectivity index (χ1n) is 6.56. The third kappa shape index (κ3) is 2.78. The quantitative estimate of drug-likeness (QED) is 0.872. The lowest BCUT2D eigenvalue weighted by Gasteiger charge is -2.19. The van der Waals surface area contributed by atoms with Gasteiger partial charge < -0.3 is 10.6 Å². The van der Waals surface area contributed by atoms with Gasteiger partial charge in [-0.1, -0.05) is 20.8 Å². The van der Waals surface area contributed by atoms with E-state index in [2.05, 4.69) is 37.8 Å². The predicted molar refractivity (Wildman–Crippen MR) is 72.2 cm³/mol. The first-order chi connectivity index (χ1) is 8.10. The lowest BCUT2D eigenvalue weighted by molar-refractivity contribution is 0.658. The van der Waals surface area contributed by atoms with Gasteiger partial charge in [-0.25, -0.2) is 4.98 Å². The molecule has 3 nitrogen and oxygen atoms in total. The van der Waals surface area contributed by atoms with Crippen LogP contribution in [0.15, 0.2) is 12.1 Å². The van der Waals surface area contributed by atoms with Crippen molar-refractivity contribution in [2.45, 2.75) is 39.7 Å². The summed E-state index contributed by atoms with van der Waals surface area (Å²) in [5, 5.41) is 0. The van der Waals surface area contributed by atoms with E-state index in [0.29, 0.717) is 12.5 Å². The minimum Gasteiger partial charge on any atom is -0.356 e. The number of anilines is 1. The van der Waals surface area contributed by atoms with E-state index in [1.165, 1.54) is 12.0 Å². The SMILES string of the molecule is CC1CCN(c2cc(CN)cc(C(C)C)n2)C1. The molecule has 2 heterocycles. The van der Waals surface area contributed by atoms with Gasteiger partial charge in [0.25, 0.3) is 0 Å². The Morgan fingerprint density at radius 3 is 2.76 bits per heavy atom. The van der Waals surface area contributed by atoms with Crippen LogP contribution in [-0.4, -0.2) is 18.1 Å². The van der Waals surface area contributed by atoms with Crippen LogP contribution in [-0.2, 0) is 6.54 Å². The van der Waals surface area contributed by atoms with Crippen LogP contribution < -0.4 is 10.6 Å². The van der Waals surface area contributed by atoms with Gasteiger partial charge in [0, 0.05) is 25.3 Å². The van der Waals surface area contributed by atoms with Gasteiger partial charge in [-0.3, -0.25) is 0 Å². The third-order valence-corrected chi connectivity index (χ3v) is 3.47. The minimum atomic E-state index is 0.459. The Bertz CT molecular complexity index is 387. The van der Waals surface area contributed by atoms with Crippen molar-refractivity contribution in [3.05, 3.63) is 23.4 Å². The Kier molecular flexibility index (Phi) is 3.67. The highest BCUT2D eigenvalue weighted by molar-refractivity contribution is 5.44. The van der Waals surface area contributed by atoms with Crippen molar-refractivity contribution in [2.75, 3.05) is 18.0 Å². The van der Waals surface area contributed by atoms with Crippen molar-refractivity contribution >= 4 is 5.82 Å². The second-order valence-corrected chi connectivity index (χ2v) is 5.46. The van der Waals surface area contributed by atoms with E-state index in [1.807, 2.05) is 0 Å². The van der Waals surface area contributed by atoms with Gasteiger partial charge in [0.05, 0.1) is 0 Å². The summed E-state index contributed by atoms with van der Waals surface area (Å²) in [5.74, 6) is 2.35. The molecule has 1 aromatic heterocycles. The first-order valence-corrected chi connectivity index (χ1v) is 6.56. The van der Waals surface area contributed by atoms with Crippen molar-refractivity contribution < 1.29 is 0 Å². The molecule has 0 saturated carbocycles. The molecule has 0 radical (unpaired) electrons. The van der Waals surface area contributed by atoms with Crippen molar-refractivity contribution in [3.63, 3.8) is 0 Å². The van der Waals surface area contributed by atoms with E-state index >= 15 is 0 Å². The molecule has 1 aromatic rings. The molecule has 2 rings (SSSR count). The summed E-state index contributed by atoms with van der Waals surface area (Å²) in [6, 6.07) is 4.28. The fraction of sp³-hybridized carbons (Fsp3) is 0.643. The van der Waals surface area contributed by atoms with Gasteiger partial charge in [-0.05, 0) is 36.0 Å². The summed E-state index contributed by atoms with van der Waals surface area (Å²) in [7, 11) is 0. The summed E-state index contributed by atoms with van der Waals surface area (Å²) in [4.78, 5) is 7.15. The zero-order chi connectivity index (χ0) is 12.4. The standard InChI is InChI=1S/C14H23N3/c1-10(2)13-6-12(8-15)7-14(16-13)17-5-4-11(3)9-17/h6-7,10-11H,4-5,8-9,15H2,1-3H3. The summed E-state index contributed by atoms with van der Waals surface area (Å²) in [5.41, 5.74) is 8.12. The molecule has 1 fully saturated rings. The van der Waals surface area contributed by atoms with E-state index in [4.69, 9.17) is 10.7 Å². The molecule has 1 unspecified atom stereocenters. The largest absolute Gasteiger partial charge is 0.356 e. The van der Waals surface area contributed by atoms with E-state index in [-0.39, 0.29) is 0 Å². The molecular weight excluding hydrogens is 210 g/mol. The summed E-state index contributed by atoms with van der Waals surface area (Å²) >= 11 is 0. The average molecular weight is 233 g/mol. The Labute approximate surface area is 104 Å². The number of hydrogen-bond acceptors (Lipinski definition) is 3. The van der Waals surface area contributed by atoms with Crippen LogP contribution in [0.2, 0.25) is 0 Å². The van der Waals surface area contributed by atoms with E-state index in [0.717, 1.165) is 30.5 Å². The fourth-order valence-corrected chi connectivity index (χ4v) is 2.31. The van der Waals surface area contributed by atoms with Gasteiger partial charge >= 0.3 is 0 Å². The van der Waals surface area contributed by atoms with Crippen LogP contribution in [0.1, 0.15) is 44.4 Å². The Morgan fingerprint density at radius 2 is 2.24 bits per heavy atom. The van der Waals surface area contributed by atoms with Gasteiger partial charge in [0.1, 0.15) is 5.82 Å². The van der Waals surface area contributed by atoms with E-state index in [1.54, 1.807) is 0 Å². The van der Waals surface area contributed by atoms with Crippen LogP contribution in [0.3, 0.4) is 0 Å². The normalized spacial score (nSPS) is 20.3. The van der Waals surface area contributed by atoms with Crippen LogP contribution in [0, 0.1) is 5.92 Å². The van der Waals surface area contributed by atoms with Crippen LogP contribution in [0.5, 0.6) is 0 Å². The number of nitrogens with zero attached hydrogens (tertiary/aromatic N) is 2. The second kappa shape index (κ2) is 5.05. The highest BCUT2D eigenvalue weighted by atomic mass is 15.2. The summed E-state index contributed by atoms with van der Waals surface area (Å²) < 4.78 is 0. The van der Waals surface area contributed by atoms with E-state index < -0.39 is 0 Å². The minimum absolute atomic E-state index is 0.459. The highest BCUT2D eigenvalue weighted by Gasteiger charge is 2.20. The molecule has 0 amide bonds. The maximum absolute atomic E-state index is 5.77. The van der Waals surface area contributed by atoms with Gasteiger partial charge in [0.2, 0.25) is 0 Å². The Balaban J connectivity index is 2.29. The van der Waals surface area contributed by atoms with Gasteiger partial charge in [-0.2, -0.15) is 0 Å². The Hall–Kier alpha value is -1.09. The molecule has 1 saturated heterocycles. The van der Waals surface area contributed by atoms with Crippen molar-refractivity contribution in [3.8, 4) is 0 Å². The molecule has 2 N–H and O–H groups in total. The lowest BCUT2D eigenvalue weighted by Crippen LogP contribution is -2.21. The topological polar surface area (TPSA) is 42.1 Å². The fourth-order valence-electron chi connectivity index (χ4n) is 2.31. The van der Waals surface area contributed by atoms with Gasteiger partial charge in [0.15, 0.2) is 0 Å². The molecule has 1 aliphatic rings. The number of aromatic nitrogens is 1. The first kappa shape index (κ1) is 12.4. The van der Waals surface area contributed by atoms with Crippen LogP contribution in [0.4, 0.5) is 5.82 Å². The summed E-state index contributed by atoms with van der Waals surface area (Å²) in [6.07, 6.45) is 1.27. The maximum atomic E-state index is 5.77. The molecule has 1 aliphatic heterocycles. The predicted octanol–water partition coefficient (Wildman–Crippen LogP) is 2.51. The Morgan fingerprint density at radius 1 is 1.47 bits per heavy atom. The molecular formula is C14H23N3. The van der Waals surface area contributed by atoms with Crippen molar-refractivity contribution in [1.82, 2.24) is 4.98 Å². The third-order valence-electron chi connectivity index (χ3n) is 3.47. The van der Waals surface area contributed by atoms with Crippen LogP contribution in [0.25, 0.3) is 0 Å². The van der Waals surface area contributed by atoms with Gasteiger partial charge in [-0.15, -0.1) is 0 Å². The molecule has 17 heavy (non-hydrogen) atoms. The molecule has 0 aliphatic carbocycles. The number of hydrogen-bond donors (Lipinski definition) is 1. The molecule has 1 atom stereocenters. The molecule has 94 valence electrons. The second-order valence-electron chi connectivity index (χ2n) is 5.46. The zero-order valence-electron chi connectivity index (χ0n) is 11.1. The number of nitrogens with two attached hydrogens (primary N) is 1. The molecule has 0 aromatic carbocycles. The number of rotatable bonds is 3. The highest BCUT2D eigenvalue weighted by Crippen LogP contribution is 2.25. The molecule has 0 spiro atoms. The van der Waals surface area contributed by atoms with Crippen LogP contribution >= 0.6 is 0 Å². The average Bonchev–Trinajstić information content (AvgIpc) is 2.75. The van der Waals surface area contributed by atoms with Crippen molar-refractivity contribution in [2.24, 2.45) is 11.7 Å². The van der Waals surface area contributed by atoms with E-state index in [9.17, 15) is 0 Å². The maximum Gasteiger partial charge on any atom is 0.129 e. The molecule has 0 bridgehead atoms. The van der Waals surface area contributed by atoms with Crippen molar-refractivity contribution in [1.29, 1.82) is 0 Å².